The molecule has 1 aromatic rings. The van der Waals surface area contributed by atoms with E-state index in [1.165, 1.54) is 19.2 Å². The summed E-state index contributed by atoms with van der Waals surface area (Å²) < 4.78 is 1.81. The lowest BCUT2D eigenvalue weighted by atomic mass is 10.2. The van der Waals surface area contributed by atoms with Crippen molar-refractivity contribution in [2.24, 2.45) is 0 Å². The van der Waals surface area contributed by atoms with E-state index >= 15 is 0 Å². The second-order valence-electron chi connectivity index (χ2n) is 4.27. The minimum atomic E-state index is 0.192. The lowest BCUT2D eigenvalue weighted by Gasteiger charge is -2.04. The topological polar surface area (TPSA) is 59.8 Å². The fourth-order valence-corrected chi connectivity index (χ4v) is 1.61. The summed E-state index contributed by atoms with van der Waals surface area (Å²) in [5, 5.41) is 7.31. The van der Waals surface area contributed by atoms with Gasteiger partial charge < -0.3 is 5.32 Å². The fourth-order valence-electron chi connectivity index (χ4n) is 1.61. The van der Waals surface area contributed by atoms with Crippen molar-refractivity contribution in [3.8, 4) is 0 Å². The quantitative estimate of drug-likeness (QED) is 0.732. The van der Waals surface area contributed by atoms with Crippen molar-refractivity contribution in [2.75, 3.05) is 6.54 Å². The first kappa shape index (κ1) is 11.3. The van der Waals surface area contributed by atoms with E-state index in [-0.39, 0.29) is 5.78 Å². The van der Waals surface area contributed by atoms with Crippen molar-refractivity contribution in [1.82, 2.24) is 20.1 Å². The Morgan fingerprint density at radius 3 is 3.12 bits per heavy atom. The van der Waals surface area contributed by atoms with Gasteiger partial charge in [0.2, 0.25) is 0 Å². The highest BCUT2D eigenvalue weighted by atomic mass is 16.1. The second kappa shape index (κ2) is 5.21. The summed E-state index contributed by atoms with van der Waals surface area (Å²) in [6.45, 7) is 3.38. The van der Waals surface area contributed by atoms with Gasteiger partial charge in [0.05, 0.1) is 13.0 Å². The summed E-state index contributed by atoms with van der Waals surface area (Å²) in [7, 11) is 0. The molecular weight excluding hydrogens is 204 g/mol. The molecule has 16 heavy (non-hydrogen) atoms. The molecule has 0 spiro atoms. The third-order valence-corrected chi connectivity index (χ3v) is 2.65. The monoisotopic (exact) mass is 222 g/mol. The summed E-state index contributed by atoms with van der Waals surface area (Å²) >= 11 is 0. The number of carbonyl (C=O) groups excluding carboxylic acids is 1. The number of Topliss-reactive ketones (excluding diaryl/α,β-unsaturated/α-hetero) is 1. The molecule has 1 aromatic heterocycles. The number of ketones is 1. The van der Waals surface area contributed by atoms with E-state index in [0.29, 0.717) is 19.0 Å². The molecule has 5 nitrogen and oxygen atoms in total. The van der Waals surface area contributed by atoms with Crippen LogP contribution in [0, 0.1) is 0 Å². The molecule has 1 aliphatic rings. The molecule has 0 radical (unpaired) electrons. The van der Waals surface area contributed by atoms with E-state index in [9.17, 15) is 4.79 Å². The zero-order valence-electron chi connectivity index (χ0n) is 9.65. The predicted octanol–water partition coefficient (Wildman–Crippen LogP) is 0.552. The van der Waals surface area contributed by atoms with Crippen LogP contribution in [0.1, 0.15) is 32.0 Å². The van der Waals surface area contributed by atoms with Crippen molar-refractivity contribution < 1.29 is 4.79 Å². The van der Waals surface area contributed by atoms with E-state index in [2.05, 4.69) is 22.3 Å². The fraction of sp³-hybridized carbons (Fsp3) is 0.727. The molecule has 1 N–H and O–H groups in total. The summed E-state index contributed by atoms with van der Waals surface area (Å²) in [5.74, 6) is 0.974. The van der Waals surface area contributed by atoms with Crippen molar-refractivity contribution in [1.29, 1.82) is 0 Å². The third kappa shape index (κ3) is 3.13. The van der Waals surface area contributed by atoms with E-state index in [4.69, 9.17) is 0 Å². The minimum Gasteiger partial charge on any atom is -0.307 e. The van der Waals surface area contributed by atoms with Crippen LogP contribution in [0.2, 0.25) is 0 Å². The molecule has 0 aromatic carbocycles. The minimum absolute atomic E-state index is 0.192. The summed E-state index contributed by atoms with van der Waals surface area (Å²) in [6, 6.07) is 0.581. The van der Waals surface area contributed by atoms with Gasteiger partial charge in [-0.15, -0.1) is 0 Å². The average Bonchev–Trinajstić information content (AvgIpc) is 3.00. The van der Waals surface area contributed by atoms with Gasteiger partial charge in [-0.05, 0) is 19.3 Å². The van der Waals surface area contributed by atoms with Gasteiger partial charge in [-0.2, -0.15) is 5.10 Å². The highest BCUT2D eigenvalue weighted by molar-refractivity contribution is 5.82. The van der Waals surface area contributed by atoms with Gasteiger partial charge in [-0.3, -0.25) is 4.79 Å². The van der Waals surface area contributed by atoms with Crippen LogP contribution in [0.5, 0.6) is 0 Å². The average molecular weight is 222 g/mol. The molecule has 2 rings (SSSR count). The highest BCUT2D eigenvalue weighted by Gasteiger charge is 2.21. The lowest BCUT2D eigenvalue weighted by Crippen LogP contribution is -2.26. The standard InChI is InChI=1S/C11H18N4O/c1-2-5-15-11(13-8-14-15)6-10(16)7-12-9-3-4-9/h8-9,12H,2-7H2,1H3. The van der Waals surface area contributed by atoms with Gasteiger partial charge in [0.1, 0.15) is 12.2 Å². The Kier molecular flexibility index (Phi) is 3.66. The lowest BCUT2D eigenvalue weighted by molar-refractivity contribution is -0.117. The van der Waals surface area contributed by atoms with Crippen molar-refractivity contribution in [2.45, 2.75) is 45.2 Å². The van der Waals surface area contributed by atoms with Crippen LogP contribution in [0.3, 0.4) is 0 Å². The van der Waals surface area contributed by atoms with Gasteiger partial charge in [-0.25, -0.2) is 9.67 Å². The number of nitrogens with one attached hydrogen (secondary N) is 1. The molecule has 0 aliphatic heterocycles. The van der Waals surface area contributed by atoms with Crippen LogP contribution in [0.15, 0.2) is 6.33 Å². The molecule has 88 valence electrons. The molecule has 5 heteroatoms. The van der Waals surface area contributed by atoms with Gasteiger partial charge in [-0.1, -0.05) is 6.92 Å². The number of nitrogens with zero attached hydrogens (tertiary/aromatic N) is 3. The maximum Gasteiger partial charge on any atom is 0.154 e. The molecule has 0 bridgehead atoms. The molecule has 0 amide bonds. The molecule has 1 saturated carbocycles. The maximum atomic E-state index is 11.7. The summed E-state index contributed by atoms with van der Waals surface area (Å²) in [4.78, 5) is 15.8. The number of aromatic nitrogens is 3. The van der Waals surface area contributed by atoms with Crippen molar-refractivity contribution in [3.05, 3.63) is 12.2 Å². The first-order valence-corrected chi connectivity index (χ1v) is 5.91. The van der Waals surface area contributed by atoms with Crippen LogP contribution in [-0.4, -0.2) is 33.1 Å². The Morgan fingerprint density at radius 2 is 2.44 bits per heavy atom. The van der Waals surface area contributed by atoms with Crippen LogP contribution in [0.4, 0.5) is 0 Å². The molecular formula is C11H18N4O. The third-order valence-electron chi connectivity index (χ3n) is 2.65. The number of rotatable bonds is 7. The zero-order chi connectivity index (χ0) is 11.4. The van der Waals surface area contributed by atoms with Crippen LogP contribution >= 0.6 is 0 Å². The van der Waals surface area contributed by atoms with Crippen LogP contribution in [0.25, 0.3) is 0 Å². The first-order chi connectivity index (χ1) is 7.79. The van der Waals surface area contributed by atoms with E-state index in [1.807, 2.05) is 4.68 Å². The first-order valence-electron chi connectivity index (χ1n) is 5.91. The van der Waals surface area contributed by atoms with Crippen molar-refractivity contribution >= 4 is 5.78 Å². The van der Waals surface area contributed by atoms with Crippen LogP contribution < -0.4 is 5.32 Å². The summed E-state index contributed by atoms with van der Waals surface area (Å²) in [5.41, 5.74) is 0. The van der Waals surface area contributed by atoms with E-state index < -0.39 is 0 Å². The van der Waals surface area contributed by atoms with Gasteiger partial charge in [0.15, 0.2) is 5.78 Å². The number of hydrogen-bond acceptors (Lipinski definition) is 4. The normalized spacial score (nSPS) is 15.3. The van der Waals surface area contributed by atoms with Gasteiger partial charge >= 0.3 is 0 Å². The number of hydrogen-bond donors (Lipinski definition) is 1. The Labute approximate surface area is 95.2 Å². The van der Waals surface area contributed by atoms with E-state index in [0.717, 1.165) is 18.8 Å². The molecule has 1 heterocycles. The predicted molar refractivity (Wildman–Crippen MR) is 60.0 cm³/mol. The number of aryl methyl sites for hydroxylation is 1. The van der Waals surface area contributed by atoms with Gasteiger partial charge in [0.25, 0.3) is 0 Å². The Balaban J connectivity index is 1.81. The highest BCUT2D eigenvalue weighted by Crippen LogP contribution is 2.18. The molecule has 0 unspecified atom stereocenters. The zero-order valence-corrected chi connectivity index (χ0v) is 9.65. The second-order valence-corrected chi connectivity index (χ2v) is 4.27. The van der Waals surface area contributed by atoms with Crippen molar-refractivity contribution in [3.63, 3.8) is 0 Å². The number of carbonyl (C=O) groups is 1. The molecule has 1 aliphatic carbocycles. The van der Waals surface area contributed by atoms with Crippen LogP contribution in [-0.2, 0) is 17.8 Å². The molecule has 0 saturated heterocycles. The smallest absolute Gasteiger partial charge is 0.154 e. The summed E-state index contributed by atoms with van der Waals surface area (Å²) in [6.07, 6.45) is 5.33. The molecule has 1 fully saturated rings. The SMILES string of the molecule is CCCn1ncnc1CC(=O)CNC1CC1. The largest absolute Gasteiger partial charge is 0.307 e. The Hall–Kier alpha value is -1.23. The molecule has 0 atom stereocenters. The Morgan fingerprint density at radius 1 is 1.62 bits per heavy atom. The Bertz CT molecular complexity index is 357. The van der Waals surface area contributed by atoms with Gasteiger partial charge in [0, 0.05) is 12.6 Å². The maximum absolute atomic E-state index is 11.7. The van der Waals surface area contributed by atoms with E-state index in [1.54, 1.807) is 0 Å².